The summed E-state index contributed by atoms with van der Waals surface area (Å²) in [5.41, 5.74) is 1.88. The topological polar surface area (TPSA) is 17.1 Å². The Labute approximate surface area is 136 Å². The molecule has 4 heteroatoms. The highest BCUT2D eigenvalue weighted by Gasteiger charge is 2.13. The summed E-state index contributed by atoms with van der Waals surface area (Å²) >= 11 is 7.45. The van der Waals surface area contributed by atoms with Crippen LogP contribution in [0.3, 0.4) is 0 Å². The number of thiol groups is 1. The minimum atomic E-state index is 0.159. The molecule has 0 aliphatic heterocycles. The predicted octanol–water partition coefficient (Wildman–Crippen LogP) is 5.17. The molecular weight excluding hydrogens is 304 g/mol. The highest BCUT2D eigenvalue weighted by atomic mass is 32.2. The second-order valence-corrected chi connectivity index (χ2v) is 7.12. The van der Waals surface area contributed by atoms with Gasteiger partial charge in [0.1, 0.15) is 0 Å². The first-order valence-electron chi connectivity index (χ1n) is 6.74. The van der Waals surface area contributed by atoms with Crippen LogP contribution < -0.4 is 0 Å². The van der Waals surface area contributed by atoms with Crippen molar-refractivity contribution >= 4 is 47.3 Å². The molecule has 1 aromatic carbocycles. The summed E-state index contributed by atoms with van der Waals surface area (Å²) in [5, 5.41) is 0.476. The normalized spacial score (nSPS) is 13.3. The number of hydrogen-bond donors (Lipinski definition) is 1. The number of carbonyl (C=O) groups is 1. The Morgan fingerprint density at radius 2 is 2.00 bits per heavy atom. The molecule has 1 rings (SSSR count). The Balaban J connectivity index is 2.68. The van der Waals surface area contributed by atoms with Crippen molar-refractivity contribution in [1.82, 2.24) is 0 Å². The second kappa shape index (κ2) is 9.59. The molecule has 0 bridgehead atoms. The first kappa shape index (κ1) is 17.7. The molecule has 1 atom stereocenters. The van der Waals surface area contributed by atoms with Gasteiger partial charge in [-0.2, -0.15) is 12.6 Å². The van der Waals surface area contributed by atoms with Crippen LogP contribution in [-0.2, 0) is 4.79 Å². The molecule has 0 N–H and O–H groups in total. The summed E-state index contributed by atoms with van der Waals surface area (Å²) in [6, 6.07) is 8.26. The van der Waals surface area contributed by atoms with E-state index in [1.54, 1.807) is 11.8 Å². The molecule has 0 aliphatic carbocycles. The molecular formula is C16H22OS3. The van der Waals surface area contributed by atoms with Crippen molar-refractivity contribution in [1.29, 1.82) is 0 Å². The van der Waals surface area contributed by atoms with Crippen LogP contribution >= 0.6 is 36.2 Å². The number of hydrogen-bond acceptors (Lipinski definition) is 4. The zero-order valence-corrected chi connectivity index (χ0v) is 14.8. The SMILES string of the molecule is CCCC(CS)SC(=O)/C(C)=C/c1ccc(SC)cc1. The molecule has 0 radical (unpaired) electrons. The minimum absolute atomic E-state index is 0.159. The van der Waals surface area contributed by atoms with Gasteiger partial charge in [0.2, 0.25) is 5.12 Å². The van der Waals surface area contributed by atoms with Gasteiger partial charge in [-0.3, -0.25) is 4.79 Å². The maximum Gasteiger partial charge on any atom is 0.215 e. The van der Waals surface area contributed by atoms with E-state index in [1.165, 1.54) is 16.7 Å². The van der Waals surface area contributed by atoms with Gasteiger partial charge < -0.3 is 0 Å². The van der Waals surface area contributed by atoms with Crippen LogP contribution in [0.15, 0.2) is 34.7 Å². The molecule has 0 amide bonds. The summed E-state index contributed by atoms with van der Waals surface area (Å²) in [6.07, 6.45) is 6.14. The van der Waals surface area contributed by atoms with E-state index in [9.17, 15) is 4.79 Å². The minimum Gasteiger partial charge on any atom is -0.282 e. The molecule has 0 aliphatic rings. The molecule has 110 valence electrons. The first-order valence-corrected chi connectivity index (χ1v) is 9.48. The first-order chi connectivity index (χ1) is 9.60. The molecule has 1 nitrogen and oxygen atoms in total. The van der Waals surface area contributed by atoms with E-state index in [1.807, 2.05) is 13.0 Å². The van der Waals surface area contributed by atoms with Crippen molar-refractivity contribution in [2.75, 3.05) is 12.0 Å². The third kappa shape index (κ3) is 5.98. The van der Waals surface area contributed by atoms with Gasteiger partial charge in [-0.1, -0.05) is 37.2 Å². The standard InChI is InChI=1S/C16H22OS3/c1-4-5-15(11-18)20-16(17)12(2)10-13-6-8-14(19-3)9-7-13/h6-10,15,18H,4-5,11H2,1-3H3/b12-10+. The van der Waals surface area contributed by atoms with Gasteiger partial charge in [0.05, 0.1) is 0 Å². The molecule has 0 saturated heterocycles. The van der Waals surface area contributed by atoms with E-state index in [0.717, 1.165) is 29.7 Å². The summed E-state index contributed by atoms with van der Waals surface area (Å²) in [7, 11) is 0. The van der Waals surface area contributed by atoms with Gasteiger partial charge in [-0.25, -0.2) is 0 Å². The highest BCUT2D eigenvalue weighted by molar-refractivity contribution is 8.15. The third-order valence-corrected chi connectivity index (χ3v) is 5.61. The van der Waals surface area contributed by atoms with Crippen molar-refractivity contribution in [3.8, 4) is 0 Å². The summed E-state index contributed by atoms with van der Waals surface area (Å²) < 4.78 is 0. The van der Waals surface area contributed by atoms with E-state index in [0.29, 0.717) is 5.25 Å². The average Bonchev–Trinajstić information content (AvgIpc) is 2.47. The third-order valence-electron chi connectivity index (χ3n) is 2.91. The fourth-order valence-electron chi connectivity index (χ4n) is 1.76. The van der Waals surface area contributed by atoms with Gasteiger partial charge >= 0.3 is 0 Å². The quantitative estimate of drug-likeness (QED) is 0.423. The maximum atomic E-state index is 12.2. The van der Waals surface area contributed by atoms with Crippen LogP contribution in [0.2, 0.25) is 0 Å². The lowest BCUT2D eigenvalue weighted by Crippen LogP contribution is -2.09. The molecule has 0 spiro atoms. The lowest BCUT2D eigenvalue weighted by Gasteiger charge is -2.11. The number of benzene rings is 1. The van der Waals surface area contributed by atoms with Crippen molar-refractivity contribution in [3.05, 3.63) is 35.4 Å². The molecule has 20 heavy (non-hydrogen) atoms. The highest BCUT2D eigenvalue weighted by Crippen LogP contribution is 2.23. The summed E-state index contributed by atoms with van der Waals surface area (Å²) in [5.74, 6) is 0.750. The lowest BCUT2D eigenvalue weighted by atomic mass is 10.1. The van der Waals surface area contributed by atoms with Gasteiger partial charge in [-0.15, -0.1) is 11.8 Å². The van der Waals surface area contributed by atoms with Crippen LogP contribution in [0.1, 0.15) is 32.3 Å². The fourth-order valence-corrected chi connectivity index (χ4v) is 3.55. The zero-order valence-electron chi connectivity index (χ0n) is 12.3. The number of carbonyl (C=O) groups excluding carboxylic acids is 1. The molecule has 0 saturated carbocycles. The monoisotopic (exact) mass is 326 g/mol. The van der Waals surface area contributed by atoms with E-state index < -0.39 is 0 Å². The van der Waals surface area contributed by atoms with E-state index in [2.05, 4.69) is 50.1 Å². The Morgan fingerprint density at radius 3 is 2.50 bits per heavy atom. The van der Waals surface area contributed by atoms with Crippen molar-refractivity contribution < 1.29 is 4.79 Å². The van der Waals surface area contributed by atoms with Crippen LogP contribution in [0.5, 0.6) is 0 Å². The fraction of sp³-hybridized carbons (Fsp3) is 0.438. The Morgan fingerprint density at radius 1 is 1.35 bits per heavy atom. The van der Waals surface area contributed by atoms with Crippen molar-refractivity contribution in [2.45, 2.75) is 36.8 Å². The van der Waals surface area contributed by atoms with Gasteiger partial charge in [0.25, 0.3) is 0 Å². The van der Waals surface area contributed by atoms with Gasteiger partial charge in [-0.05, 0) is 43.4 Å². The number of thioether (sulfide) groups is 2. The summed E-state index contributed by atoms with van der Waals surface area (Å²) in [6.45, 7) is 4.02. The van der Waals surface area contributed by atoms with Crippen LogP contribution in [0, 0.1) is 0 Å². The molecule has 0 fully saturated rings. The zero-order chi connectivity index (χ0) is 15.0. The smallest absolute Gasteiger partial charge is 0.215 e. The van der Waals surface area contributed by atoms with E-state index in [-0.39, 0.29) is 5.12 Å². The lowest BCUT2D eigenvalue weighted by molar-refractivity contribution is -0.107. The van der Waals surface area contributed by atoms with Crippen molar-refractivity contribution in [2.24, 2.45) is 0 Å². The Hall–Kier alpha value is -0.320. The summed E-state index contributed by atoms with van der Waals surface area (Å²) in [4.78, 5) is 13.4. The molecule has 1 aromatic rings. The molecule has 1 unspecified atom stereocenters. The number of rotatable bonds is 7. The van der Waals surface area contributed by atoms with E-state index in [4.69, 9.17) is 0 Å². The Bertz CT molecular complexity index is 451. The maximum absolute atomic E-state index is 12.2. The van der Waals surface area contributed by atoms with Crippen LogP contribution in [0.4, 0.5) is 0 Å². The predicted molar refractivity (Wildman–Crippen MR) is 97.0 cm³/mol. The van der Waals surface area contributed by atoms with Crippen molar-refractivity contribution in [3.63, 3.8) is 0 Å². The largest absolute Gasteiger partial charge is 0.282 e. The van der Waals surface area contributed by atoms with Crippen LogP contribution in [0.25, 0.3) is 6.08 Å². The average molecular weight is 327 g/mol. The van der Waals surface area contributed by atoms with Gasteiger partial charge in [0.15, 0.2) is 0 Å². The molecule has 0 heterocycles. The molecule has 0 aromatic heterocycles. The van der Waals surface area contributed by atoms with Crippen LogP contribution in [-0.4, -0.2) is 22.4 Å². The van der Waals surface area contributed by atoms with E-state index >= 15 is 0 Å². The second-order valence-electron chi connectivity index (χ2n) is 4.60. The van der Waals surface area contributed by atoms with Gasteiger partial charge in [0, 0.05) is 21.5 Å². The Kier molecular flexibility index (Phi) is 8.50.